The number of nitrogens with zero attached hydrogens (tertiary/aromatic N) is 2. The molecular formula is C26H21FN2O2. The fourth-order valence-electron chi connectivity index (χ4n) is 3.27. The molecule has 4 rings (SSSR count). The number of halogens is 1. The molecule has 0 saturated heterocycles. The highest BCUT2D eigenvalue weighted by atomic mass is 19.1. The molecule has 0 atom stereocenters. The number of aromatic nitrogens is 1. The van der Waals surface area contributed by atoms with Crippen molar-refractivity contribution in [1.82, 2.24) is 9.88 Å². The lowest BCUT2D eigenvalue weighted by atomic mass is 10.0. The molecule has 154 valence electrons. The van der Waals surface area contributed by atoms with Gasteiger partial charge in [0, 0.05) is 26.0 Å². The first-order valence-electron chi connectivity index (χ1n) is 9.87. The van der Waals surface area contributed by atoms with Gasteiger partial charge in [-0.05, 0) is 70.3 Å². The molecule has 0 aliphatic rings. The second-order valence-corrected chi connectivity index (χ2v) is 7.19. The van der Waals surface area contributed by atoms with E-state index in [2.05, 4.69) is 11.1 Å². The number of amides is 1. The maximum absolute atomic E-state index is 13.1. The molecule has 0 N–H and O–H groups in total. The predicted octanol–water partition coefficient (Wildman–Crippen LogP) is 6.19. The summed E-state index contributed by atoms with van der Waals surface area (Å²) in [5.41, 5.74) is 4.95. The number of benzene rings is 3. The van der Waals surface area contributed by atoms with Gasteiger partial charge in [0.2, 0.25) is 0 Å². The van der Waals surface area contributed by atoms with Crippen LogP contribution >= 0.6 is 0 Å². The molecule has 1 heterocycles. The van der Waals surface area contributed by atoms with Gasteiger partial charge in [-0.2, -0.15) is 0 Å². The SMILES string of the molecule is CN(Cc1cccc(-c2ccncc2)c1)C(=O)Oc1ccc(-c2ccc(F)cc2)cc1. The molecule has 31 heavy (non-hydrogen) atoms. The van der Waals surface area contributed by atoms with E-state index in [0.717, 1.165) is 27.8 Å². The number of carbonyl (C=O) groups excluding carboxylic acids is 1. The first kappa shape index (κ1) is 20.3. The molecule has 0 bridgehead atoms. The third kappa shape index (κ3) is 5.14. The zero-order valence-electron chi connectivity index (χ0n) is 17.0. The van der Waals surface area contributed by atoms with Crippen molar-refractivity contribution in [1.29, 1.82) is 0 Å². The molecule has 0 aliphatic carbocycles. The summed E-state index contributed by atoms with van der Waals surface area (Å²) in [4.78, 5) is 18.1. The molecule has 4 aromatic rings. The second-order valence-electron chi connectivity index (χ2n) is 7.19. The van der Waals surface area contributed by atoms with Crippen molar-refractivity contribution in [2.75, 3.05) is 7.05 Å². The Morgan fingerprint density at radius 1 is 0.839 bits per heavy atom. The number of pyridine rings is 1. The Kier molecular flexibility index (Phi) is 6.03. The lowest BCUT2D eigenvalue weighted by molar-refractivity contribution is 0.161. The van der Waals surface area contributed by atoms with Crippen LogP contribution in [-0.4, -0.2) is 23.0 Å². The standard InChI is InChI=1S/C26H21FN2O2/c1-29(18-19-3-2-4-23(17-19)22-13-15-28-16-14-22)26(30)31-25-11-7-21(8-12-25)20-5-9-24(27)10-6-20/h2-17H,18H2,1H3. The Bertz CT molecular complexity index is 1160. The fraction of sp³-hybridized carbons (Fsp3) is 0.0769. The Hall–Kier alpha value is -3.99. The topological polar surface area (TPSA) is 42.4 Å². The van der Waals surface area contributed by atoms with Crippen molar-refractivity contribution < 1.29 is 13.9 Å². The van der Waals surface area contributed by atoms with Crippen LogP contribution in [0.15, 0.2) is 97.3 Å². The lowest BCUT2D eigenvalue weighted by Crippen LogP contribution is -2.29. The van der Waals surface area contributed by atoms with Crippen LogP contribution in [0.2, 0.25) is 0 Å². The van der Waals surface area contributed by atoms with E-state index in [1.807, 2.05) is 42.5 Å². The highest BCUT2D eigenvalue weighted by Gasteiger charge is 2.12. The number of hydrogen-bond acceptors (Lipinski definition) is 3. The minimum absolute atomic E-state index is 0.274. The number of carbonyl (C=O) groups is 1. The summed E-state index contributed by atoms with van der Waals surface area (Å²) in [5, 5.41) is 0. The monoisotopic (exact) mass is 412 g/mol. The maximum atomic E-state index is 13.1. The molecule has 1 amide bonds. The van der Waals surface area contributed by atoms with E-state index >= 15 is 0 Å². The minimum atomic E-state index is -0.441. The highest BCUT2D eigenvalue weighted by molar-refractivity contribution is 5.71. The normalized spacial score (nSPS) is 10.5. The summed E-state index contributed by atoms with van der Waals surface area (Å²) >= 11 is 0. The molecule has 0 unspecified atom stereocenters. The van der Waals surface area contributed by atoms with Crippen LogP contribution in [0.1, 0.15) is 5.56 Å². The first-order valence-corrected chi connectivity index (χ1v) is 9.87. The van der Waals surface area contributed by atoms with Gasteiger partial charge in [0.1, 0.15) is 11.6 Å². The Balaban J connectivity index is 1.39. The Labute approximate surface area is 180 Å². The van der Waals surface area contributed by atoms with Gasteiger partial charge in [-0.3, -0.25) is 4.98 Å². The Morgan fingerprint density at radius 3 is 2.13 bits per heavy atom. The van der Waals surface area contributed by atoms with Crippen LogP contribution in [0.4, 0.5) is 9.18 Å². The van der Waals surface area contributed by atoms with E-state index in [1.165, 1.54) is 17.0 Å². The zero-order valence-corrected chi connectivity index (χ0v) is 17.0. The van der Waals surface area contributed by atoms with Crippen LogP contribution in [0.3, 0.4) is 0 Å². The lowest BCUT2D eigenvalue weighted by Gasteiger charge is -2.17. The summed E-state index contributed by atoms with van der Waals surface area (Å²) in [6, 6.07) is 25.3. The zero-order chi connectivity index (χ0) is 21.6. The molecular weight excluding hydrogens is 391 g/mol. The second kappa shape index (κ2) is 9.22. The van der Waals surface area contributed by atoms with Gasteiger partial charge in [-0.1, -0.05) is 42.5 Å². The molecule has 0 spiro atoms. The minimum Gasteiger partial charge on any atom is -0.410 e. The van der Waals surface area contributed by atoms with Gasteiger partial charge in [0.25, 0.3) is 0 Å². The molecule has 5 heteroatoms. The van der Waals surface area contributed by atoms with Crippen molar-refractivity contribution in [3.63, 3.8) is 0 Å². The fourth-order valence-corrected chi connectivity index (χ4v) is 3.27. The van der Waals surface area contributed by atoms with E-state index in [9.17, 15) is 9.18 Å². The number of rotatable bonds is 5. The smallest absolute Gasteiger partial charge is 0.410 e. The molecule has 0 aliphatic heterocycles. The maximum Gasteiger partial charge on any atom is 0.415 e. The van der Waals surface area contributed by atoms with Gasteiger partial charge in [0.15, 0.2) is 0 Å². The molecule has 0 radical (unpaired) electrons. The van der Waals surface area contributed by atoms with Crippen molar-refractivity contribution in [2.24, 2.45) is 0 Å². The molecule has 3 aromatic carbocycles. The highest BCUT2D eigenvalue weighted by Crippen LogP contribution is 2.24. The molecule has 0 fully saturated rings. The van der Waals surface area contributed by atoms with Crippen molar-refractivity contribution in [3.05, 3.63) is 109 Å². The summed E-state index contributed by atoms with van der Waals surface area (Å²) < 4.78 is 18.6. The van der Waals surface area contributed by atoms with Crippen LogP contribution in [-0.2, 0) is 6.54 Å². The van der Waals surface area contributed by atoms with Gasteiger partial charge in [-0.15, -0.1) is 0 Å². The van der Waals surface area contributed by atoms with Crippen molar-refractivity contribution in [2.45, 2.75) is 6.54 Å². The average Bonchev–Trinajstić information content (AvgIpc) is 2.81. The van der Waals surface area contributed by atoms with E-state index in [0.29, 0.717) is 12.3 Å². The van der Waals surface area contributed by atoms with E-state index in [1.54, 1.807) is 43.7 Å². The van der Waals surface area contributed by atoms with Crippen LogP contribution < -0.4 is 4.74 Å². The van der Waals surface area contributed by atoms with Crippen molar-refractivity contribution >= 4 is 6.09 Å². The van der Waals surface area contributed by atoms with E-state index in [4.69, 9.17) is 4.74 Å². The van der Waals surface area contributed by atoms with Crippen LogP contribution in [0, 0.1) is 5.82 Å². The third-order valence-corrected chi connectivity index (χ3v) is 4.91. The average molecular weight is 412 g/mol. The van der Waals surface area contributed by atoms with Gasteiger partial charge in [-0.25, -0.2) is 9.18 Å². The van der Waals surface area contributed by atoms with Gasteiger partial charge >= 0.3 is 6.09 Å². The Morgan fingerprint density at radius 2 is 1.45 bits per heavy atom. The third-order valence-electron chi connectivity index (χ3n) is 4.91. The molecule has 0 saturated carbocycles. The summed E-state index contributed by atoms with van der Waals surface area (Å²) in [6.07, 6.45) is 3.07. The van der Waals surface area contributed by atoms with E-state index < -0.39 is 6.09 Å². The summed E-state index contributed by atoms with van der Waals surface area (Å²) in [6.45, 7) is 0.422. The predicted molar refractivity (Wildman–Crippen MR) is 119 cm³/mol. The first-order chi connectivity index (χ1) is 15.1. The molecule has 1 aromatic heterocycles. The number of hydrogen-bond donors (Lipinski definition) is 0. The van der Waals surface area contributed by atoms with E-state index in [-0.39, 0.29) is 5.82 Å². The van der Waals surface area contributed by atoms with Crippen LogP contribution in [0.25, 0.3) is 22.3 Å². The summed E-state index contributed by atoms with van der Waals surface area (Å²) in [7, 11) is 1.70. The number of ether oxygens (including phenoxy) is 1. The van der Waals surface area contributed by atoms with Gasteiger partial charge < -0.3 is 9.64 Å². The largest absolute Gasteiger partial charge is 0.415 e. The van der Waals surface area contributed by atoms with Gasteiger partial charge in [0.05, 0.1) is 0 Å². The quantitative estimate of drug-likeness (QED) is 0.393. The van der Waals surface area contributed by atoms with Crippen LogP contribution in [0.5, 0.6) is 5.75 Å². The molecule has 4 nitrogen and oxygen atoms in total. The van der Waals surface area contributed by atoms with Crippen molar-refractivity contribution in [3.8, 4) is 28.0 Å². The summed E-state index contributed by atoms with van der Waals surface area (Å²) in [5.74, 6) is 0.178.